The summed E-state index contributed by atoms with van der Waals surface area (Å²) in [6.07, 6.45) is 3.03. The SMILES string of the molecule is C=C1NC(=O)[C@@H](C)NC(=O)CCC(=O)[C@H](Cc2c[nH]c3cccc(Br)c23)NC(=O)[C@H](Cc2c[nH]c3ccccc23)NC(=O)c2csc(n2)[C@@H](C)CC(=O)CN(C)C1=O. The molecule has 0 radical (unpaired) electrons. The van der Waals surface area contributed by atoms with Crippen molar-refractivity contribution in [3.05, 3.63) is 98.8 Å². The van der Waals surface area contributed by atoms with Crippen LogP contribution in [-0.4, -0.2) is 92.7 Å². The van der Waals surface area contributed by atoms with E-state index in [0.29, 0.717) is 5.01 Å². The Morgan fingerprint density at radius 1 is 0.845 bits per heavy atom. The first-order valence-corrected chi connectivity index (χ1v) is 20.3. The van der Waals surface area contributed by atoms with E-state index in [4.69, 9.17) is 0 Å². The molecule has 0 saturated carbocycles. The molecule has 4 atom stereocenters. The number of halogens is 1. The maximum atomic E-state index is 14.4. The van der Waals surface area contributed by atoms with Gasteiger partial charge in [-0.15, -0.1) is 11.3 Å². The number of nitrogens with zero attached hydrogens (tertiary/aromatic N) is 2. The number of hydrogen-bond donors (Lipinski definition) is 6. The number of fused-ring (bicyclic) bond motifs is 4. The number of aromatic amines is 2. The van der Waals surface area contributed by atoms with E-state index in [1.807, 2.05) is 42.5 Å². The molecule has 1 aliphatic heterocycles. The van der Waals surface area contributed by atoms with Gasteiger partial charge in [-0.2, -0.15) is 0 Å². The predicted octanol–water partition coefficient (Wildman–Crippen LogP) is 3.96. The molecule has 2 aromatic carbocycles. The van der Waals surface area contributed by atoms with Crippen LogP contribution in [0.2, 0.25) is 0 Å². The molecule has 0 saturated heterocycles. The first kappa shape index (κ1) is 41.7. The van der Waals surface area contributed by atoms with E-state index in [2.05, 4.69) is 58.7 Å². The van der Waals surface area contributed by atoms with Crippen molar-refractivity contribution in [2.75, 3.05) is 13.6 Å². The number of ketones is 2. The summed E-state index contributed by atoms with van der Waals surface area (Å²) in [5.74, 6) is -4.46. The van der Waals surface area contributed by atoms with E-state index >= 15 is 0 Å². The van der Waals surface area contributed by atoms with Crippen LogP contribution in [0.5, 0.6) is 0 Å². The van der Waals surface area contributed by atoms with Crippen molar-refractivity contribution in [2.45, 2.75) is 70.0 Å². The molecule has 6 N–H and O–H groups in total. The van der Waals surface area contributed by atoms with Crippen LogP contribution in [0.3, 0.4) is 0 Å². The highest BCUT2D eigenvalue weighted by Crippen LogP contribution is 2.29. The van der Waals surface area contributed by atoms with Crippen LogP contribution in [0, 0.1) is 0 Å². The zero-order chi connectivity index (χ0) is 41.7. The average Bonchev–Trinajstić information content (AvgIpc) is 3.95. The Hall–Kier alpha value is -5.94. The third-order valence-corrected chi connectivity index (χ3v) is 11.7. The number of aromatic nitrogens is 3. The fourth-order valence-electron chi connectivity index (χ4n) is 6.85. The Labute approximate surface area is 345 Å². The number of thiazole rings is 1. The van der Waals surface area contributed by atoms with Crippen LogP contribution in [0.4, 0.5) is 0 Å². The fourth-order valence-corrected chi connectivity index (χ4v) is 8.33. The number of hydrogen-bond acceptors (Lipinski definition) is 9. The highest BCUT2D eigenvalue weighted by Gasteiger charge is 2.31. The molecule has 4 heterocycles. The van der Waals surface area contributed by atoms with Crippen molar-refractivity contribution >= 4 is 90.2 Å². The van der Waals surface area contributed by atoms with Crippen LogP contribution in [-0.2, 0) is 41.6 Å². The molecule has 15 nitrogen and oxygen atoms in total. The van der Waals surface area contributed by atoms with E-state index in [-0.39, 0.29) is 55.8 Å². The molecule has 5 aromatic rings. The number of Topliss-reactive ketones (excluding diaryl/α,β-unsaturated/α-hetero) is 2. The number of likely N-dealkylation sites (N-methyl/N-ethyl adjacent to an activating group) is 1. The lowest BCUT2D eigenvalue weighted by molar-refractivity contribution is -0.133. The zero-order valence-electron chi connectivity index (χ0n) is 32.1. The second kappa shape index (κ2) is 18.1. The summed E-state index contributed by atoms with van der Waals surface area (Å²) >= 11 is 4.77. The smallest absolute Gasteiger partial charge is 0.271 e. The summed E-state index contributed by atoms with van der Waals surface area (Å²) in [7, 11) is 1.40. The van der Waals surface area contributed by atoms with Gasteiger partial charge in [0.1, 0.15) is 17.8 Å². The first-order valence-electron chi connectivity index (χ1n) is 18.6. The summed E-state index contributed by atoms with van der Waals surface area (Å²) in [6, 6.07) is 9.74. The molecule has 0 spiro atoms. The number of nitrogens with one attached hydrogen (secondary N) is 6. The van der Waals surface area contributed by atoms with Gasteiger partial charge in [0, 0.05) is 89.1 Å². The van der Waals surface area contributed by atoms with Crippen LogP contribution in [0.15, 0.2) is 77.0 Å². The summed E-state index contributed by atoms with van der Waals surface area (Å²) in [4.78, 5) is 106. The number of rotatable bonds is 4. The van der Waals surface area contributed by atoms with E-state index < -0.39 is 59.4 Å². The number of carbonyl (C=O) groups is 7. The lowest BCUT2D eigenvalue weighted by Crippen LogP contribution is -2.53. The van der Waals surface area contributed by atoms with Crippen LogP contribution in [0.25, 0.3) is 21.8 Å². The van der Waals surface area contributed by atoms with Gasteiger partial charge in [-0.05, 0) is 36.2 Å². The Morgan fingerprint density at radius 2 is 1.55 bits per heavy atom. The lowest BCUT2D eigenvalue weighted by atomic mass is 9.97. The molecule has 2 bridgehead atoms. The zero-order valence-corrected chi connectivity index (χ0v) is 34.5. The molecule has 58 heavy (non-hydrogen) atoms. The Kier molecular flexibility index (Phi) is 13.0. The van der Waals surface area contributed by atoms with Gasteiger partial charge >= 0.3 is 0 Å². The van der Waals surface area contributed by atoms with E-state index in [1.54, 1.807) is 24.7 Å². The maximum Gasteiger partial charge on any atom is 0.271 e. The van der Waals surface area contributed by atoms with Crippen molar-refractivity contribution in [1.29, 1.82) is 0 Å². The van der Waals surface area contributed by atoms with Gasteiger partial charge in [-0.1, -0.05) is 53.7 Å². The largest absolute Gasteiger partial charge is 0.361 e. The molecule has 17 heteroatoms. The van der Waals surface area contributed by atoms with Gasteiger partial charge in [0.25, 0.3) is 11.8 Å². The van der Waals surface area contributed by atoms with Crippen molar-refractivity contribution in [3.63, 3.8) is 0 Å². The van der Waals surface area contributed by atoms with Crippen LogP contribution in [0.1, 0.15) is 65.7 Å². The second-order valence-corrected chi connectivity index (χ2v) is 16.2. The minimum absolute atomic E-state index is 0.00209. The molecule has 0 unspecified atom stereocenters. The Bertz CT molecular complexity index is 2440. The van der Waals surface area contributed by atoms with E-state index in [1.165, 1.54) is 25.3 Å². The molecule has 3 aromatic heterocycles. The summed E-state index contributed by atoms with van der Waals surface area (Å²) in [5.41, 5.74) is 2.87. The Balaban J connectivity index is 1.33. The Morgan fingerprint density at radius 3 is 2.34 bits per heavy atom. The molecule has 6 rings (SSSR count). The van der Waals surface area contributed by atoms with Crippen molar-refractivity contribution in [1.82, 2.24) is 41.1 Å². The minimum atomic E-state index is -1.17. The first-order chi connectivity index (χ1) is 27.7. The number of amides is 5. The summed E-state index contributed by atoms with van der Waals surface area (Å²) in [5, 5.41) is 14.4. The number of benzene rings is 2. The third kappa shape index (κ3) is 9.77. The summed E-state index contributed by atoms with van der Waals surface area (Å²) < 4.78 is 0.776. The van der Waals surface area contributed by atoms with Gasteiger partial charge < -0.3 is 36.1 Å². The van der Waals surface area contributed by atoms with Gasteiger partial charge in [-0.3, -0.25) is 33.6 Å². The average molecular weight is 872 g/mol. The standard InChI is InChI=1S/C41H43BrN8O7S/c1-21-14-26(51)19-50(4)41(57)23(3)46-37(54)22(2)45-35(53)13-12-34(52)31(16-25-18-44-30-11-7-9-28(42)36(25)30)47-38(55)32(48-39(56)33-20-58-40(21)49-33)15-24-17-43-29-10-6-5-8-27(24)29/h5-11,17-18,20-22,31-32,43-44H,3,12-16,19H2,1-2,4H3,(H,45,53)(H,46,54)(H,47,55)(H,48,56)/t21-,22+,31-,32-/m0/s1. The van der Waals surface area contributed by atoms with Gasteiger partial charge in [0.2, 0.25) is 17.7 Å². The third-order valence-electron chi connectivity index (χ3n) is 9.96. The molecular formula is C41H43BrN8O7S. The fraction of sp³-hybridized carbons (Fsp3) is 0.317. The molecule has 0 fully saturated rings. The summed E-state index contributed by atoms with van der Waals surface area (Å²) in [6.45, 7) is 6.54. The van der Waals surface area contributed by atoms with Gasteiger partial charge in [0.05, 0.1) is 23.3 Å². The van der Waals surface area contributed by atoms with Crippen LogP contribution < -0.4 is 21.3 Å². The predicted molar refractivity (Wildman–Crippen MR) is 222 cm³/mol. The second-order valence-electron chi connectivity index (χ2n) is 14.4. The van der Waals surface area contributed by atoms with Gasteiger partial charge in [0.15, 0.2) is 11.6 Å². The van der Waals surface area contributed by atoms with E-state index in [0.717, 1.165) is 42.3 Å². The molecule has 0 aliphatic carbocycles. The lowest BCUT2D eigenvalue weighted by Gasteiger charge is -2.23. The quantitative estimate of drug-likeness (QED) is 0.145. The van der Waals surface area contributed by atoms with Crippen LogP contribution >= 0.6 is 27.3 Å². The highest BCUT2D eigenvalue weighted by molar-refractivity contribution is 9.10. The molecule has 5 amide bonds. The topological polar surface area (TPSA) is 215 Å². The minimum Gasteiger partial charge on any atom is -0.361 e. The number of para-hydroxylation sites is 1. The molecule has 1 aliphatic rings. The van der Waals surface area contributed by atoms with E-state index in [9.17, 15) is 33.6 Å². The normalized spacial score (nSPS) is 21.4. The van der Waals surface area contributed by atoms with Crippen molar-refractivity contribution in [3.8, 4) is 0 Å². The number of carbonyl (C=O) groups excluding carboxylic acids is 7. The van der Waals surface area contributed by atoms with Gasteiger partial charge in [-0.25, -0.2) is 4.98 Å². The maximum absolute atomic E-state index is 14.4. The molecule has 302 valence electrons. The van der Waals surface area contributed by atoms with Crippen molar-refractivity contribution < 1.29 is 33.6 Å². The van der Waals surface area contributed by atoms with Crippen molar-refractivity contribution in [2.24, 2.45) is 0 Å². The monoisotopic (exact) mass is 870 g/mol. The number of H-pyrrole nitrogens is 2. The molecular weight excluding hydrogens is 828 g/mol. The highest BCUT2D eigenvalue weighted by atomic mass is 79.9.